The molecule has 166 valence electrons. The van der Waals surface area contributed by atoms with Crippen LogP contribution in [0.4, 0.5) is 5.69 Å². The van der Waals surface area contributed by atoms with Crippen LogP contribution in [-0.2, 0) is 16.1 Å². The average Bonchev–Trinajstić information content (AvgIpc) is 2.84. The van der Waals surface area contributed by atoms with Gasteiger partial charge < -0.3 is 15.0 Å². The number of benzene rings is 2. The van der Waals surface area contributed by atoms with Crippen LogP contribution in [-0.4, -0.2) is 22.8 Å². The van der Waals surface area contributed by atoms with Crippen LogP contribution in [0.2, 0.25) is 0 Å². The zero-order chi connectivity index (χ0) is 22.6. The maximum absolute atomic E-state index is 13.4. The van der Waals surface area contributed by atoms with Crippen molar-refractivity contribution in [3.05, 3.63) is 59.7 Å². The van der Waals surface area contributed by atoms with Gasteiger partial charge in [0.15, 0.2) is 6.10 Å². The summed E-state index contributed by atoms with van der Waals surface area (Å²) in [5.41, 5.74) is 2.67. The zero-order valence-corrected chi connectivity index (χ0v) is 19.3. The Hall–Kier alpha value is -2.82. The molecule has 3 rings (SSSR count). The van der Waals surface area contributed by atoms with Crippen LogP contribution in [0.15, 0.2) is 48.5 Å². The van der Waals surface area contributed by atoms with Crippen molar-refractivity contribution in [2.24, 2.45) is 5.41 Å². The number of nitrogens with one attached hydrogen (secondary N) is 1. The monoisotopic (exact) mass is 422 g/mol. The van der Waals surface area contributed by atoms with Crippen molar-refractivity contribution in [2.45, 2.75) is 72.6 Å². The first kappa shape index (κ1) is 22.9. The first-order valence-corrected chi connectivity index (χ1v) is 11.2. The molecule has 31 heavy (non-hydrogen) atoms. The predicted octanol–water partition coefficient (Wildman–Crippen LogP) is 5.71. The summed E-state index contributed by atoms with van der Waals surface area (Å²) < 4.78 is 6.12. The van der Waals surface area contributed by atoms with E-state index in [0.717, 1.165) is 23.2 Å². The molecule has 1 heterocycles. The molecule has 0 saturated carbocycles. The molecule has 0 aliphatic carbocycles. The molecule has 5 nitrogen and oxygen atoms in total. The van der Waals surface area contributed by atoms with Crippen LogP contribution in [0, 0.1) is 5.41 Å². The third-order valence-corrected chi connectivity index (χ3v) is 5.52. The lowest BCUT2D eigenvalue weighted by atomic mass is 9.92. The molecule has 2 aromatic rings. The summed E-state index contributed by atoms with van der Waals surface area (Å²) in [6.07, 6.45) is 1.34. The van der Waals surface area contributed by atoms with E-state index in [0.29, 0.717) is 25.1 Å². The molecule has 0 radical (unpaired) electrons. The van der Waals surface area contributed by atoms with Gasteiger partial charge in [-0.3, -0.25) is 9.59 Å². The second kappa shape index (κ2) is 9.54. The molecule has 2 amide bonds. The summed E-state index contributed by atoms with van der Waals surface area (Å²) in [7, 11) is 0. The quantitative estimate of drug-likeness (QED) is 0.648. The van der Waals surface area contributed by atoms with Gasteiger partial charge in [0.05, 0.1) is 12.6 Å². The van der Waals surface area contributed by atoms with Crippen molar-refractivity contribution < 1.29 is 14.3 Å². The van der Waals surface area contributed by atoms with Gasteiger partial charge in [-0.1, -0.05) is 65.0 Å². The van der Waals surface area contributed by atoms with Crippen LogP contribution >= 0.6 is 0 Å². The van der Waals surface area contributed by atoms with E-state index in [2.05, 4.69) is 24.4 Å². The van der Waals surface area contributed by atoms with Gasteiger partial charge in [0.2, 0.25) is 5.91 Å². The van der Waals surface area contributed by atoms with Crippen molar-refractivity contribution in [2.75, 3.05) is 5.32 Å². The first-order chi connectivity index (χ1) is 14.7. The lowest BCUT2D eigenvalue weighted by Crippen LogP contribution is -2.41. The summed E-state index contributed by atoms with van der Waals surface area (Å²) in [5.74, 6) is 0.698. The molecular formula is C26H34N2O3. The number of anilines is 1. The number of carbonyl (C=O) groups is 2. The highest BCUT2D eigenvalue weighted by atomic mass is 16.5. The molecular weight excluding hydrogens is 388 g/mol. The van der Waals surface area contributed by atoms with E-state index >= 15 is 0 Å². The van der Waals surface area contributed by atoms with Gasteiger partial charge in [-0.2, -0.15) is 0 Å². The van der Waals surface area contributed by atoms with Gasteiger partial charge in [-0.25, -0.2) is 0 Å². The molecule has 0 saturated heterocycles. The van der Waals surface area contributed by atoms with E-state index in [-0.39, 0.29) is 23.3 Å². The van der Waals surface area contributed by atoms with Crippen LogP contribution in [0.3, 0.4) is 0 Å². The minimum atomic E-state index is -0.514. The second-order valence-corrected chi connectivity index (χ2v) is 9.42. The lowest BCUT2D eigenvalue weighted by molar-refractivity contribution is -0.141. The fourth-order valence-corrected chi connectivity index (χ4v) is 4.07. The summed E-state index contributed by atoms with van der Waals surface area (Å²) in [4.78, 5) is 27.7. The smallest absolute Gasteiger partial charge is 0.264 e. The van der Waals surface area contributed by atoms with E-state index in [4.69, 9.17) is 4.74 Å². The zero-order valence-electron chi connectivity index (χ0n) is 19.3. The SMILES string of the molecule is CCC1Oc2ccc(NC(=O)CC(C)(C)C)cc2CN(C(CC)c2ccccc2)C1=O. The number of hydrogen-bond donors (Lipinski definition) is 1. The molecule has 0 spiro atoms. The van der Waals surface area contributed by atoms with Crippen molar-refractivity contribution >= 4 is 17.5 Å². The van der Waals surface area contributed by atoms with Gasteiger partial charge in [0.1, 0.15) is 5.75 Å². The van der Waals surface area contributed by atoms with Gasteiger partial charge in [0, 0.05) is 17.7 Å². The molecule has 2 aromatic carbocycles. The fourth-order valence-electron chi connectivity index (χ4n) is 4.07. The van der Waals surface area contributed by atoms with Gasteiger partial charge in [-0.15, -0.1) is 0 Å². The largest absolute Gasteiger partial charge is 0.480 e. The number of rotatable bonds is 6. The van der Waals surface area contributed by atoms with Crippen molar-refractivity contribution in [1.29, 1.82) is 0 Å². The highest BCUT2D eigenvalue weighted by molar-refractivity contribution is 5.91. The average molecular weight is 423 g/mol. The minimum Gasteiger partial charge on any atom is -0.480 e. The summed E-state index contributed by atoms with van der Waals surface area (Å²) in [5, 5.41) is 3.00. The molecule has 1 aliphatic heterocycles. The molecule has 2 unspecified atom stereocenters. The summed E-state index contributed by atoms with van der Waals surface area (Å²) in [6.45, 7) is 10.6. The Labute approximate surface area is 185 Å². The highest BCUT2D eigenvalue weighted by Gasteiger charge is 2.34. The lowest BCUT2D eigenvalue weighted by Gasteiger charge is -2.32. The maximum Gasteiger partial charge on any atom is 0.264 e. The normalized spacial score (nSPS) is 17.4. The first-order valence-electron chi connectivity index (χ1n) is 11.2. The third kappa shape index (κ3) is 5.66. The maximum atomic E-state index is 13.4. The topological polar surface area (TPSA) is 58.6 Å². The van der Waals surface area contributed by atoms with Crippen LogP contribution in [0.1, 0.15) is 71.0 Å². The van der Waals surface area contributed by atoms with Crippen LogP contribution in [0.5, 0.6) is 5.75 Å². The molecule has 0 aromatic heterocycles. The van der Waals surface area contributed by atoms with Gasteiger partial charge >= 0.3 is 0 Å². The Bertz CT molecular complexity index is 918. The van der Waals surface area contributed by atoms with Crippen LogP contribution in [0.25, 0.3) is 0 Å². The number of amides is 2. The Morgan fingerprint density at radius 3 is 2.48 bits per heavy atom. The Morgan fingerprint density at radius 2 is 1.87 bits per heavy atom. The second-order valence-electron chi connectivity index (χ2n) is 9.42. The standard InChI is InChI=1S/C26H34N2O3/c1-6-21(18-11-9-8-10-12-18)28-17-19-15-20(27-24(29)16-26(3,4)5)13-14-23(19)31-22(7-2)25(28)30/h8-15,21-22H,6-7,16-17H2,1-5H3,(H,27,29). The minimum absolute atomic E-state index is 0.00715. The molecule has 2 atom stereocenters. The van der Waals surface area contributed by atoms with E-state index < -0.39 is 6.10 Å². The van der Waals surface area contributed by atoms with Gasteiger partial charge in [-0.05, 0) is 42.0 Å². The number of hydrogen-bond acceptors (Lipinski definition) is 3. The van der Waals surface area contributed by atoms with Crippen molar-refractivity contribution in [3.8, 4) is 5.75 Å². The van der Waals surface area contributed by atoms with Crippen LogP contribution < -0.4 is 10.1 Å². The van der Waals surface area contributed by atoms with E-state index in [1.54, 1.807) is 0 Å². The highest BCUT2D eigenvalue weighted by Crippen LogP contribution is 2.35. The molecule has 0 fully saturated rings. The predicted molar refractivity (Wildman–Crippen MR) is 124 cm³/mol. The molecule has 0 bridgehead atoms. The molecule has 5 heteroatoms. The Morgan fingerprint density at radius 1 is 1.16 bits per heavy atom. The fraction of sp³-hybridized carbons (Fsp3) is 0.462. The number of nitrogens with zero attached hydrogens (tertiary/aromatic N) is 1. The van der Waals surface area contributed by atoms with Crippen molar-refractivity contribution in [1.82, 2.24) is 4.90 Å². The third-order valence-electron chi connectivity index (χ3n) is 5.52. The number of carbonyl (C=O) groups excluding carboxylic acids is 2. The molecule has 1 N–H and O–H groups in total. The summed E-state index contributed by atoms with van der Waals surface area (Å²) in [6, 6.07) is 15.8. The van der Waals surface area contributed by atoms with Gasteiger partial charge in [0.25, 0.3) is 5.91 Å². The Balaban J connectivity index is 1.92. The number of fused-ring (bicyclic) bond motifs is 1. The van der Waals surface area contributed by atoms with E-state index in [1.165, 1.54) is 0 Å². The van der Waals surface area contributed by atoms with E-state index in [1.807, 2.05) is 69.0 Å². The summed E-state index contributed by atoms with van der Waals surface area (Å²) >= 11 is 0. The molecule has 1 aliphatic rings. The Kier molecular flexibility index (Phi) is 7.04. The van der Waals surface area contributed by atoms with E-state index in [9.17, 15) is 9.59 Å². The number of ether oxygens (including phenoxy) is 1. The van der Waals surface area contributed by atoms with Crippen molar-refractivity contribution in [3.63, 3.8) is 0 Å².